The van der Waals surface area contributed by atoms with Crippen molar-refractivity contribution in [3.63, 3.8) is 0 Å². The average molecular weight is 373 g/mol. The van der Waals surface area contributed by atoms with Crippen molar-refractivity contribution in [1.82, 2.24) is 9.80 Å². The van der Waals surface area contributed by atoms with Crippen LogP contribution in [0.2, 0.25) is 0 Å². The van der Waals surface area contributed by atoms with E-state index >= 15 is 0 Å². The van der Waals surface area contributed by atoms with Gasteiger partial charge in [0.1, 0.15) is 0 Å². The highest BCUT2D eigenvalue weighted by molar-refractivity contribution is 5.88. The molecule has 6 heteroatoms. The molecule has 0 aliphatic carbocycles. The third-order valence-electron chi connectivity index (χ3n) is 4.75. The van der Waals surface area contributed by atoms with Crippen molar-refractivity contribution in [2.45, 2.75) is 47.1 Å². The van der Waals surface area contributed by atoms with Gasteiger partial charge in [0.2, 0.25) is 5.91 Å². The molecule has 0 bridgehead atoms. The summed E-state index contributed by atoms with van der Waals surface area (Å²) in [6, 6.07) is 8.01. The first-order chi connectivity index (χ1) is 12.7. The van der Waals surface area contributed by atoms with Crippen LogP contribution in [-0.2, 0) is 21.0 Å². The van der Waals surface area contributed by atoms with Crippen molar-refractivity contribution in [2.75, 3.05) is 26.7 Å². The molecule has 1 aromatic carbocycles. The van der Waals surface area contributed by atoms with Crippen LogP contribution in [0.25, 0.3) is 0 Å². The number of carbonyl (C=O) groups is 2. The molecule has 2 rings (SSSR count). The lowest BCUT2D eigenvalue weighted by atomic mass is 9.93. The van der Waals surface area contributed by atoms with Gasteiger partial charge in [0.25, 0.3) is 5.91 Å². The molecule has 6 nitrogen and oxygen atoms in total. The smallest absolute Gasteiger partial charge is 0.263 e. The highest BCUT2D eigenvalue weighted by Crippen LogP contribution is 2.20. The van der Waals surface area contributed by atoms with Crippen molar-refractivity contribution in [2.24, 2.45) is 10.6 Å². The maximum absolute atomic E-state index is 12.3. The van der Waals surface area contributed by atoms with E-state index in [9.17, 15) is 9.59 Å². The van der Waals surface area contributed by atoms with Crippen molar-refractivity contribution < 1.29 is 14.4 Å². The number of oxime groups is 1. The fourth-order valence-corrected chi connectivity index (χ4v) is 2.95. The summed E-state index contributed by atoms with van der Waals surface area (Å²) in [5.74, 6) is 0.0541. The Morgan fingerprint density at radius 3 is 2.41 bits per heavy atom. The summed E-state index contributed by atoms with van der Waals surface area (Å²) in [4.78, 5) is 33.3. The van der Waals surface area contributed by atoms with Gasteiger partial charge in [-0.1, -0.05) is 50.2 Å². The number of hydrogen-bond donors (Lipinski definition) is 0. The van der Waals surface area contributed by atoms with Gasteiger partial charge in [-0.3, -0.25) is 9.59 Å². The monoisotopic (exact) mass is 373 g/mol. The molecule has 0 spiro atoms. The fraction of sp³-hybridized carbons (Fsp3) is 0.571. The molecule has 1 fully saturated rings. The molecule has 27 heavy (non-hydrogen) atoms. The Morgan fingerprint density at radius 1 is 1.19 bits per heavy atom. The van der Waals surface area contributed by atoms with Crippen LogP contribution < -0.4 is 0 Å². The van der Waals surface area contributed by atoms with E-state index in [1.165, 1.54) is 0 Å². The second-order valence-corrected chi connectivity index (χ2v) is 8.15. The maximum atomic E-state index is 12.3. The number of likely N-dealkylation sites (tertiary alicyclic amines) is 1. The molecule has 0 atom stereocenters. The molecule has 0 unspecified atom stereocenters. The van der Waals surface area contributed by atoms with Crippen LogP contribution in [0.15, 0.2) is 29.4 Å². The summed E-state index contributed by atoms with van der Waals surface area (Å²) >= 11 is 0. The lowest BCUT2D eigenvalue weighted by Gasteiger charge is -2.32. The zero-order valence-electron chi connectivity index (χ0n) is 17.1. The molecule has 1 saturated heterocycles. The van der Waals surface area contributed by atoms with Crippen molar-refractivity contribution in [3.05, 3.63) is 35.4 Å². The van der Waals surface area contributed by atoms with Gasteiger partial charge in [0.05, 0.1) is 5.71 Å². The van der Waals surface area contributed by atoms with E-state index in [1.54, 1.807) is 11.9 Å². The van der Waals surface area contributed by atoms with E-state index in [4.69, 9.17) is 4.84 Å². The summed E-state index contributed by atoms with van der Waals surface area (Å²) in [6.45, 7) is 9.61. The number of carbonyl (C=O) groups excluding carboxylic acids is 2. The molecule has 1 heterocycles. The van der Waals surface area contributed by atoms with E-state index in [-0.39, 0.29) is 23.8 Å². The number of aryl methyl sites for hydroxylation is 1. The first kappa shape index (κ1) is 20.9. The number of likely N-dealkylation sites (N-methyl/N-ethyl adjacent to an activating group) is 1. The van der Waals surface area contributed by atoms with Crippen molar-refractivity contribution >= 4 is 17.5 Å². The molecule has 0 N–H and O–H groups in total. The number of amides is 2. The summed E-state index contributed by atoms with van der Waals surface area (Å²) in [5, 5.41) is 4.12. The van der Waals surface area contributed by atoms with Gasteiger partial charge in [0.15, 0.2) is 6.61 Å². The Hall–Kier alpha value is -2.37. The fourth-order valence-electron chi connectivity index (χ4n) is 2.95. The lowest BCUT2D eigenvalue weighted by molar-refractivity contribution is -0.139. The minimum Gasteiger partial charge on any atom is -0.386 e. The SMILES string of the molecule is Cc1ccccc1CN(C)C(=O)CON=C1CCN(C(=O)C(C)(C)C)CC1. The van der Waals surface area contributed by atoms with Gasteiger partial charge in [-0.2, -0.15) is 0 Å². The van der Waals surface area contributed by atoms with Crippen molar-refractivity contribution in [1.29, 1.82) is 0 Å². The third-order valence-corrected chi connectivity index (χ3v) is 4.75. The molecular formula is C21H31N3O3. The number of nitrogens with zero attached hydrogens (tertiary/aromatic N) is 3. The van der Waals surface area contributed by atoms with Crippen LogP contribution in [0.3, 0.4) is 0 Å². The Morgan fingerprint density at radius 2 is 1.81 bits per heavy atom. The zero-order chi connectivity index (χ0) is 20.0. The first-order valence-corrected chi connectivity index (χ1v) is 9.44. The minimum atomic E-state index is -0.362. The van der Waals surface area contributed by atoms with Crippen LogP contribution in [0, 0.1) is 12.3 Å². The Labute approximate surface area is 162 Å². The van der Waals surface area contributed by atoms with Gasteiger partial charge in [-0.25, -0.2) is 0 Å². The molecular weight excluding hydrogens is 342 g/mol. The average Bonchev–Trinajstić information content (AvgIpc) is 2.62. The largest absolute Gasteiger partial charge is 0.386 e. The van der Waals surface area contributed by atoms with E-state index in [1.807, 2.05) is 56.9 Å². The van der Waals surface area contributed by atoms with Crippen LogP contribution in [-0.4, -0.2) is 54.1 Å². The van der Waals surface area contributed by atoms with E-state index in [0.29, 0.717) is 32.5 Å². The van der Waals surface area contributed by atoms with E-state index < -0.39 is 0 Å². The molecule has 1 aliphatic rings. The number of benzene rings is 1. The van der Waals surface area contributed by atoms with Gasteiger partial charge >= 0.3 is 0 Å². The molecule has 2 amide bonds. The summed E-state index contributed by atoms with van der Waals surface area (Å²) in [7, 11) is 1.77. The van der Waals surface area contributed by atoms with Gasteiger partial charge in [-0.15, -0.1) is 0 Å². The molecule has 0 aromatic heterocycles. The predicted molar refractivity (Wildman–Crippen MR) is 106 cm³/mol. The van der Waals surface area contributed by atoms with E-state index in [0.717, 1.165) is 16.8 Å². The molecule has 148 valence electrons. The standard InChI is InChI=1S/C21H31N3O3/c1-16-8-6-7-9-17(16)14-23(5)19(25)15-27-22-18-10-12-24(13-11-18)20(26)21(2,3)4/h6-9H,10-15H2,1-5H3. The Kier molecular flexibility index (Phi) is 6.99. The Bertz CT molecular complexity index is 697. The van der Waals surface area contributed by atoms with Gasteiger partial charge in [-0.05, 0) is 18.1 Å². The van der Waals surface area contributed by atoms with Crippen LogP contribution in [0.1, 0.15) is 44.7 Å². The number of piperidine rings is 1. The quantitative estimate of drug-likeness (QED) is 0.746. The van der Waals surface area contributed by atoms with Gasteiger partial charge < -0.3 is 14.6 Å². The minimum absolute atomic E-state index is 0.0729. The topological polar surface area (TPSA) is 62.2 Å². The molecule has 1 aromatic rings. The third kappa shape index (κ3) is 6.08. The zero-order valence-corrected chi connectivity index (χ0v) is 17.1. The van der Waals surface area contributed by atoms with E-state index in [2.05, 4.69) is 5.16 Å². The summed E-state index contributed by atoms with van der Waals surface area (Å²) in [6.07, 6.45) is 1.38. The molecule has 0 radical (unpaired) electrons. The lowest BCUT2D eigenvalue weighted by Crippen LogP contribution is -2.44. The molecule has 1 aliphatic heterocycles. The number of rotatable bonds is 5. The second kappa shape index (κ2) is 9.02. The second-order valence-electron chi connectivity index (χ2n) is 8.15. The Balaban J connectivity index is 1.76. The normalized spacial score (nSPS) is 14.7. The summed E-state index contributed by atoms with van der Waals surface area (Å²) < 4.78 is 0. The van der Waals surface area contributed by atoms with Crippen molar-refractivity contribution in [3.8, 4) is 0 Å². The van der Waals surface area contributed by atoms with Crippen LogP contribution in [0.5, 0.6) is 0 Å². The van der Waals surface area contributed by atoms with Crippen LogP contribution in [0.4, 0.5) is 0 Å². The van der Waals surface area contributed by atoms with Gasteiger partial charge in [0, 0.05) is 44.9 Å². The molecule has 0 saturated carbocycles. The maximum Gasteiger partial charge on any atom is 0.263 e. The highest BCUT2D eigenvalue weighted by Gasteiger charge is 2.29. The number of hydrogen-bond acceptors (Lipinski definition) is 4. The first-order valence-electron chi connectivity index (χ1n) is 9.44. The van der Waals surface area contributed by atoms with Crippen LogP contribution >= 0.6 is 0 Å². The highest BCUT2D eigenvalue weighted by atomic mass is 16.6. The summed E-state index contributed by atoms with van der Waals surface area (Å²) in [5.41, 5.74) is 2.83. The predicted octanol–water partition coefficient (Wildman–Crippen LogP) is 2.99.